The number of fused-ring (bicyclic) bond motifs is 2. The Labute approximate surface area is 132 Å². The van der Waals surface area contributed by atoms with Crippen molar-refractivity contribution in [1.29, 1.82) is 0 Å². The summed E-state index contributed by atoms with van der Waals surface area (Å²) in [7, 11) is 8.71. The third-order valence-electron chi connectivity index (χ3n) is 5.07. The molecule has 0 heterocycles. The van der Waals surface area contributed by atoms with Crippen LogP contribution in [0.25, 0.3) is 0 Å². The molecule has 2 bridgehead atoms. The summed E-state index contributed by atoms with van der Waals surface area (Å²) in [6.45, 7) is 6.28. The van der Waals surface area contributed by atoms with Crippen molar-refractivity contribution in [3.05, 3.63) is 12.2 Å². The van der Waals surface area contributed by atoms with Crippen LogP contribution in [0.1, 0.15) is 25.7 Å². The molecule has 0 amide bonds. The summed E-state index contributed by atoms with van der Waals surface area (Å²) < 4.78 is 0. The van der Waals surface area contributed by atoms with Crippen molar-refractivity contribution in [1.82, 2.24) is 14.7 Å². The first-order valence-corrected chi connectivity index (χ1v) is 8.74. The zero-order chi connectivity index (χ0) is 15.2. The third-order valence-corrected chi connectivity index (χ3v) is 5.07. The van der Waals surface area contributed by atoms with Gasteiger partial charge in [0.2, 0.25) is 0 Å². The Kier molecular flexibility index (Phi) is 6.72. The first-order chi connectivity index (χ1) is 10.0. The van der Waals surface area contributed by atoms with E-state index in [2.05, 4.69) is 55.0 Å². The van der Waals surface area contributed by atoms with Gasteiger partial charge in [0.15, 0.2) is 0 Å². The zero-order valence-electron chi connectivity index (χ0n) is 14.6. The Morgan fingerprint density at radius 2 is 1.43 bits per heavy atom. The molecule has 0 N–H and O–H groups in total. The van der Waals surface area contributed by atoms with E-state index in [1.165, 1.54) is 58.4 Å². The van der Waals surface area contributed by atoms with E-state index >= 15 is 0 Å². The van der Waals surface area contributed by atoms with Crippen LogP contribution in [0.5, 0.6) is 0 Å². The first kappa shape index (κ1) is 17.0. The molecule has 3 nitrogen and oxygen atoms in total. The average Bonchev–Trinajstić information content (AvgIpc) is 2.99. The number of rotatable bonds is 10. The molecule has 0 spiro atoms. The lowest BCUT2D eigenvalue weighted by atomic mass is 9.93. The van der Waals surface area contributed by atoms with Gasteiger partial charge in [0.1, 0.15) is 0 Å². The van der Waals surface area contributed by atoms with Gasteiger partial charge >= 0.3 is 0 Å². The molecule has 0 saturated heterocycles. The fraction of sp³-hybridized carbons (Fsp3) is 0.889. The molecule has 0 aromatic carbocycles. The maximum absolute atomic E-state index is 2.74. The molecule has 2 aliphatic carbocycles. The summed E-state index contributed by atoms with van der Waals surface area (Å²) in [5.74, 6) is 2.73. The molecule has 3 atom stereocenters. The molecule has 122 valence electrons. The Morgan fingerprint density at radius 1 is 0.810 bits per heavy atom. The second kappa shape index (κ2) is 8.30. The fourth-order valence-corrected chi connectivity index (χ4v) is 3.95. The van der Waals surface area contributed by atoms with E-state index in [-0.39, 0.29) is 0 Å². The smallest absolute Gasteiger partial charge is 0.00155 e. The van der Waals surface area contributed by atoms with Crippen LogP contribution in [0.4, 0.5) is 0 Å². The van der Waals surface area contributed by atoms with Crippen LogP contribution in [0.15, 0.2) is 12.2 Å². The lowest BCUT2D eigenvalue weighted by Gasteiger charge is -2.29. The molecule has 0 aromatic rings. The predicted octanol–water partition coefficient (Wildman–Crippen LogP) is 2.40. The second-order valence-corrected chi connectivity index (χ2v) is 7.65. The molecule has 2 aliphatic rings. The summed E-state index contributed by atoms with van der Waals surface area (Å²) in [4.78, 5) is 7.35. The summed E-state index contributed by atoms with van der Waals surface area (Å²) in [5, 5.41) is 0. The topological polar surface area (TPSA) is 9.72 Å². The van der Waals surface area contributed by atoms with Crippen LogP contribution in [-0.2, 0) is 0 Å². The van der Waals surface area contributed by atoms with Gasteiger partial charge in [0, 0.05) is 6.54 Å². The van der Waals surface area contributed by atoms with Crippen molar-refractivity contribution in [3.8, 4) is 0 Å². The largest absolute Gasteiger partial charge is 0.309 e. The van der Waals surface area contributed by atoms with Crippen LogP contribution in [0.3, 0.4) is 0 Å². The van der Waals surface area contributed by atoms with Gasteiger partial charge in [0.25, 0.3) is 0 Å². The van der Waals surface area contributed by atoms with Gasteiger partial charge in [-0.25, -0.2) is 0 Å². The predicted molar refractivity (Wildman–Crippen MR) is 91.6 cm³/mol. The molecule has 3 heteroatoms. The third kappa shape index (κ3) is 5.72. The van der Waals surface area contributed by atoms with E-state index < -0.39 is 0 Å². The fourth-order valence-electron chi connectivity index (χ4n) is 3.95. The first-order valence-electron chi connectivity index (χ1n) is 8.74. The van der Waals surface area contributed by atoms with Crippen molar-refractivity contribution in [2.45, 2.75) is 25.7 Å². The van der Waals surface area contributed by atoms with Gasteiger partial charge in [-0.15, -0.1) is 0 Å². The van der Waals surface area contributed by atoms with E-state index in [9.17, 15) is 0 Å². The van der Waals surface area contributed by atoms with Gasteiger partial charge in [-0.2, -0.15) is 0 Å². The highest BCUT2D eigenvalue weighted by Gasteiger charge is 2.36. The monoisotopic (exact) mass is 293 g/mol. The van der Waals surface area contributed by atoms with Crippen LogP contribution in [-0.4, -0.2) is 75.6 Å². The highest BCUT2D eigenvalue weighted by Crippen LogP contribution is 2.43. The quantitative estimate of drug-likeness (QED) is 0.573. The number of nitrogens with zero attached hydrogens (tertiary/aromatic N) is 3. The van der Waals surface area contributed by atoms with E-state index in [1.807, 2.05) is 0 Å². The van der Waals surface area contributed by atoms with Crippen molar-refractivity contribution in [2.24, 2.45) is 17.8 Å². The highest BCUT2D eigenvalue weighted by molar-refractivity contribution is 5.10. The zero-order valence-corrected chi connectivity index (χ0v) is 14.6. The lowest BCUT2D eigenvalue weighted by molar-refractivity contribution is 0.196. The van der Waals surface area contributed by atoms with E-state index in [0.29, 0.717) is 0 Å². The molecule has 1 saturated carbocycles. The summed E-state index contributed by atoms with van der Waals surface area (Å²) >= 11 is 0. The van der Waals surface area contributed by atoms with Gasteiger partial charge in [0.05, 0.1) is 0 Å². The van der Waals surface area contributed by atoms with E-state index in [0.717, 1.165) is 17.8 Å². The van der Waals surface area contributed by atoms with Crippen LogP contribution in [0, 0.1) is 17.8 Å². The Bertz CT molecular complexity index is 310. The minimum Gasteiger partial charge on any atom is -0.309 e. The van der Waals surface area contributed by atoms with Crippen LogP contribution < -0.4 is 0 Å². The minimum atomic E-state index is 0.889. The molecular weight excluding hydrogens is 258 g/mol. The van der Waals surface area contributed by atoms with Crippen molar-refractivity contribution >= 4 is 0 Å². The van der Waals surface area contributed by atoms with Crippen molar-refractivity contribution in [2.75, 3.05) is 60.9 Å². The lowest BCUT2D eigenvalue weighted by Crippen LogP contribution is -2.35. The van der Waals surface area contributed by atoms with Crippen LogP contribution in [0.2, 0.25) is 0 Å². The minimum absolute atomic E-state index is 0.889. The Balaban J connectivity index is 1.75. The SMILES string of the molecule is CN(C)CCCN(CCCN(C)C)C[C@@H]1C[C@H]2C=C[C@@H]1C2. The van der Waals surface area contributed by atoms with Gasteiger partial charge in [-0.05, 0) is 97.8 Å². The molecule has 0 radical (unpaired) electrons. The highest BCUT2D eigenvalue weighted by atomic mass is 15.1. The van der Waals surface area contributed by atoms with Crippen molar-refractivity contribution < 1.29 is 0 Å². The van der Waals surface area contributed by atoms with Gasteiger partial charge in [-0.3, -0.25) is 0 Å². The number of allylic oxidation sites excluding steroid dienone is 2. The molecule has 1 fully saturated rings. The normalized spacial score (nSPS) is 27.7. The second-order valence-electron chi connectivity index (χ2n) is 7.65. The molecule has 21 heavy (non-hydrogen) atoms. The summed E-state index contributed by atoms with van der Waals surface area (Å²) in [5.41, 5.74) is 0. The maximum Gasteiger partial charge on any atom is 0.00155 e. The van der Waals surface area contributed by atoms with Crippen molar-refractivity contribution in [3.63, 3.8) is 0 Å². The summed E-state index contributed by atoms with van der Waals surface area (Å²) in [6, 6.07) is 0. The van der Waals surface area contributed by atoms with Gasteiger partial charge < -0.3 is 14.7 Å². The number of hydrogen-bond donors (Lipinski definition) is 0. The molecule has 0 aromatic heterocycles. The van der Waals surface area contributed by atoms with Gasteiger partial charge in [-0.1, -0.05) is 12.2 Å². The summed E-state index contributed by atoms with van der Waals surface area (Å²) in [6.07, 6.45) is 10.4. The standard InChI is InChI=1S/C18H35N3/c1-19(2)9-5-11-21(12-6-10-20(3)4)15-18-14-16-7-8-17(18)13-16/h7-8,16-18H,5-6,9-15H2,1-4H3/t16-,17+,18-/m0/s1. The molecule has 0 unspecified atom stereocenters. The molecule has 0 aliphatic heterocycles. The Morgan fingerprint density at radius 3 is 1.86 bits per heavy atom. The van der Waals surface area contributed by atoms with E-state index in [1.54, 1.807) is 0 Å². The molecular formula is C18H35N3. The van der Waals surface area contributed by atoms with E-state index in [4.69, 9.17) is 0 Å². The number of hydrogen-bond acceptors (Lipinski definition) is 3. The average molecular weight is 293 g/mol. The Hall–Kier alpha value is -0.380. The maximum atomic E-state index is 2.74. The molecule has 2 rings (SSSR count). The van der Waals surface area contributed by atoms with Crippen LogP contribution >= 0.6 is 0 Å².